The molecule has 0 unspecified atom stereocenters. The third-order valence-corrected chi connectivity index (χ3v) is 3.03. The van der Waals surface area contributed by atoms with Crippen LogP contribution in [0, 0.1) is 4.64 Å². The fourth-order valence-corrected chi connectivity index (χ4v) is 2.12. The lowest BCUT2D eigenvalue weighted by molar-refractivity contribution is -0.137. The molecule has 0 atom stereocenters. The molecule has 0 aliphatic heterocycles. The number of rotatable bonds is 4. The second kappa shape index (κ2) is 6.30. The first kappa shape index (κ1) is 15.6. The van der Waals surface area contributed by atoms with Crippen LogP contribution in [0.2, 0.25) is 0 Å². The Labute approximate surface area is 125 Å². The monoisotopic (exact) mass is 313 g/mol. The Kier molecular flexibility index (Phi) is 4.67. The maximum absolute atomic E-state index is 12.9. The number of aromatic nitrogens is 1. The van der Waals surface area contributed by atoms with Gasteiger partial charge in [-0.25, -0.2) is 0 Å². The second-order valence-electron chi connectivity index (χ2n) is 4.49. The fourth-order valence-electron chi connectivity index (χ4n) is 1.88. The van der Waals surface area contributed by atoms with Crippen molar-refractivity contribution in [3.8, 4) is 17.0 Å². The number of para-hydroxylation sites is 1. The first-order valence-electron chi connectivity index (χ1n) is 6.45. The van der Waals surface area contributed by atoms with Gasteiger partial charge in [0.25, 0.3) is 0 Å². The molecule has 0 aliphatic carbocycles. The van der Waals surface area contributed by atoms with Crippen molar-refractivity contribution in [3.05, 3.63) is 46.6 Å². The maximum atomic E-state index is 12.9. The Bertz CT molecular complexity index is 679. The molecule has 0 saturated heterocycles. The molecule has 0 aliphatic rings. The Hall–Kier alpha value is -1.82. The summed E-state index contributed by atoms with van der Waals surface area (Å²) in [4.78, 5) is 2.79. The molecule has 1 aromatic carbocycles. The van der Waals surface area contributed by atoms with Gasteiger partial charge in [-0.15, -0.1) is 0 Å². The summed E-state index contributed by atoms with van der Waals surface area (Å²) in [6, 6.07) is 8.90. The van der Waals surface area contributed by atoms with E-state index >= 15 is 0 Å². The third kappa shape index (κ3) is 3.85. The number of hydrogen-bond donors (Lipinski definition) is 1. The highest BCUT2D eigenvalue weighted by molar-refractivity contribution is 7.71. The minimum atomic E-state index is -4.43. The van der Waals surface area contributed by atoms with Gasteiger partial charge in [-0.1, -0.05) is 31.3 Å². The van der Waals surface area contributed by atoms with Crippen molar-refractivity contribution in [2.45, 2.75) is 19.5 Å². The summed E-state index contributed by atoms with van der Waals surface area (Å²) in [5.41, 5.74) is 0.0798. The van der Waals surface area contributed by atoms with Gasteiger partial charge in [0.1, 0.15) is 10.4 Å². The molecule has 2 nitrogen and oxygen atoms in total. The van der Waals surface area contributed by atoms with E-state index in [1.165, 1.54) is 0 Å². The summed E-state index contributed by atoms with van der Waals surface area (Å²) in [6.07, 6.45) is -3.62. The lowest BCUT2D eigenvalue weighted by Crippen LogP contribution is -2.06. The minimum Gasteiger partial charge on any atom is -0.493 e. The molecule has 21 heavy (non-hydrogen) atoms. The Morgan fingerprint density at radius 1 is 1.19 bits per heavy atom. The molecule has 0 amide bonds. The molecule has 0 saturated carbocycles. The topological polar surface area (TPSA) is 25.0 Å². The van der Waals surface area contributed by atoms with Crippen LogP contribution in [-0.2, 0) is 6.18 Å². The van der Waals surface area contributed by atoms with E-state index in [9.17, 15) is 13.2 Å². The van der Waals surface area contributed by atoms with Crippen LogP contribution in [-0.4, -0.2) is 11.6 Å². The number of nitrogens with one attached hydrogen (secondary N) is 1. The largest absolute Gasteiger partial charge is 0.493 e. The molecule has 0 radical (unpaired) electrons. The van der Waals surface area contributed by atoms with Crippen molar-refractivity contribution in [3.63, 3.8) is 0 Å². The minimum absolute atomic E-state index is 0.0325. The lowest BCUT2D eigenvalue weighted by atomic mass is 10.1. The van der Waals surface area contributed by atoms with Gasteiger partial charge in [0.2, 0.25) is 0 Å². The van der Waals surface area contributed by atoms with E-state index in [1.54, 1.807) is 24.3 Å². The Balaban J connectivity index is 2.52. The predicted molar refractivity (Wildman–Crippen MR) is 77.9 cm³/mol. The van der Waals surface area contributed by atoms with Crippen LogP contribution in [0.3, 0.4) is 0 Å². The Morgan fingerprint density at radius 2 is 1.90 bits per heavy atom. The zero-order valence-electron chi connectivity index (χ0n) is 11.3. The normalized spacial score (nSPS) is 11.4. The van der Waals surface area contributed by atoms with Gasteiger partial charge in [0.05, 0.1) is 17.9 Å². The van der Waals surface area contributed by atoms with Crippen LogP contribution < -0.4 is 4.74 Å². The summed E-state index contributed by atoms with van der Waals surface area (Å²) in [6.45, 7) is 2.46. The van der Waals surface area contributed by atoms with Crippen molar-refractivity contribution in [2.24, 2.45) is 0 Å². The number of alkyl halides is 3. The van der Waals surface area contributed by atoms with Gasteiger partial charge in [-0.05, 0) is 30.7 Å². The smallest absolute Gasteiger partial charge is 0.416 e. The van der Waals surface area contributed by atoms with Gasteiger partial charge in [-0.2, -0.15) is 13.2 Å². The van der Waals surface area contributed by atoms with Crippen LogP contribution in [0.4, 0.5) is 13.2 Å². The molecule has 1 heterocycles. The highest BCUT2D eigenvalue weighted by atomic mass is 32.1. The van der Waals surface area contributed by atoms with E-state index in [0.29, 0.717) is 23.6 Å². The molecule has 0 bridgehead atoms. The number of aromatic amines is 1. The molecule has 0 spiro atoms. The van der Waals surface area contributed by atoms with Gasteiger partial charge < -0.3 is 9.72 Å². The Morgan fingerprint density at radius 3 is 2.57 bits per heavy atom. The second-order valence-corrected chi connectivity index (χ2v) is 4.93. The van der Waals surface area contributed by atoms with E-state index in [-0.39, 0.29) is 4.64 Å². The third-order valence-electron chi connectivity index (χ3n) is 2.81. The number of H-pyrrole nitrogens is 1. The molecule has 2 rings (SSSR count). The molecule has 112 valence electrons. The molecule has 6 heteroatoms. The highest BCUT2D eigenvalue weighted by Crippen LogP contribution is 2.34. The van der Waals surface area contributed by atoms with E-state index in [2.05, 4.69) is 4.98 Å². The van der Waals surface area contributed by atoms with Gasteiger partial charge in [0.15, 0.2) is 0 Å². The molecular formula is C15H14F3NOS. The standard InChI is InChI=1S/C15H14F3NOS/c1-2-7-20-13-6-4-3-5-11(13)12-8-10(15(16,17)18)9-14(21)19-12/h3-6,8-9H,2,7H2,1H3,(H,19,21). The molecule has 2 aromatic rings. The highest BCUT2D eigenvalue weighted by Gasteiger charge is 2.31. The quantitative estimate of drug-likeness (QED) is 0.783. The number of pyridine rings is 1. The predicted octanol–water partition coefficient (Wildman–Crippen LogP) is 5.22. The van der Waals surface area contributed by atoms with E-state index in [4.69, 9.17) is 17.0 Å². The zero-order valence-corrected chi connectivity index (χ0v) is 12.1. The van der Waals surface area contributed by atoms with Gasteiger partial charge >= 0.3 is 6.18 Å². The summed E-state index contributed by atoms with van der Waals surface area (Å²) in [7, 11) is 0. The summed E-state index contributed by atoms with van der Waals surface area (Å²) in [5, 5.41) is 0. The van der Waals surface area contributed by atoms with Crippen LogP contribution in [0.5, 0.6) is 5.75 Å². The maximum Gasteiger partial charge on any atom is 0.416 e. The molecular weight excluding hydrogens is 299 g/mol. The molecule has 1 aromatic heterocycles. The summed E-state index contributed by atoms with van der Waals surface area (Å²) < 4.78 is 44.2. The average Bonchev–Trinajstić information content (AvgIpc) is 2.44. The van der Waals surface area contributed by atoms with Crippen LogP contribution >= 0.6 is 12.2 Å². The average molecular weight is 313 g/mol. The summed E-state index contributed by atoms with van der Waals surface area (Å²) in [5.74, 6) is 0.532. The van der Waals surface area contributed by atoms with Crippen molar-refractivity contribution < 1.29 is 17.9 Å². The van der Waals surface area contributed by atoms with Crippen LogP contribution in [0.1, 0.15) is 18.9 Å². The van der Waals surface area contributed by atoms with E-state index in [1.807, 2.05) is 6.92 Å². The van der Waals surface area contributed by atoms with Crippen molar-refractivity contribution >= 4 is 12.2 Å². The number of halogens is 3. The molecule has 0 fully saturated rings. The van der Waals surface area contributed by atoms with Crippen LogP contribution in [0.25, 0.3) is 11.3 Å². The van der Waals surface area contributed by atoms with Gasteiger partial charge in [0, 0.05) is 5.56 Å². The summed E-state index contributed by atoms with van der Waals surface area (Å²) >= 11 is 4.89. The lowest BCUT2D eigenvalue weighted by Gasteiger charge is -2.13. The SMILES string of the molecule is CCCOc1ccccc1-c1cc(C(F)(F)F)cc(=S)[nH]1. The zero-order chi connectivity index (χ0) is 15.5. The van der Waals surface area contributed by atoms with E-state index < -0.39 is 11.7 Å². The van der Waals surface area contributed by atoms with E-state index in [0.717, 1.165) is 18.6 Å². The molecule has 1 N–H and O–H groups in total. The first-order chi connectivity index (χ1) is 9.91. The number of hydrogen-bond acceptors (Lipinski definition) is 2. The van der Waals surface area contributed by atoms with Crippen molar-refractivity contribution in [2.75, 3.05) is 6.61 Å². The first-order valence-corrected chi connectivity index (χ1v) is 6.86. The van der Waals surface area contributed by atoms with Crippen molar-refractivity contribution in [1.29, 1.82) is 0 Å². The number of ether oxygens (including phenoxy) is 1. The van der Waals surface area contributed by atoms with Crippen LogP contribution in [0.15, 0.2) is 36.4 Å². The van der Waals surface area contributed by atoms with Gasteiger partial charge in [-0.3, -0.25) is 0 Å². The number of benzene rings is 1. The fraction of sp³-hybridized carbons (Fsp3) is 0.267. The van der Waals surface area contributed by atoms with Crippen molar-refractivity contribution in [1.82, 2.24) is 4.98 Å².